The highest BCUT2D eigenvalue weighted by Gasteiger charge is 2.25. The molecule has 8 heteroatoms. The number of amides is 1. The summed E-state index contributed by atoms with van der Waals surface area (Å²) in [4.78, 5) is 28.2. The van der Waals surface area contributed by atoms with Gasteiger partial charge in [-0.15, -0.1) is 16.4 Å². The number of hydrogen-bond donors (Lipinski definition) is 1. The number of aromatic nitrogens is 5. The van der Waals surface area contributed by atoms with E-state index in [1.54, 1.807) is 28.4 Å². The molecule has 27 heavy (non-hydrogen) atoms. The Balaban J connectivity index is 1.52. The number of carbonyl (C=O) groups excluding carboxylic acids is 1. The fraction of sp³-hybridized carbons (Fsp3) is 0.316. The molecule has 0 unspecified atom stereocenters. The number of carbonyl (C=O) groups is 1. The van der Waals surface area contributed by atoms with Crippen LogP contribution in [0, 0.1) is 0 Å². The first kappa shape index (κ1) is 16.3. The highest BCUT2D eigenvalue weighted by Crippen LogP contribution is 2.42. The Morgan fingerprint density at radius 3 is 3.15 bits per heavy atom. The summed E-state index contributed by atoms with van der Waals surface area (Å²) in [5.41, 5.74) is 2.85. The van der Waals surface area contributed by atoms with Crippen LogP contribution in [0.4, 0.5) is 0 Å². The van der Waals surface area contributed by atoms with Crippen molar-refractivity contribution in [3.05, 3.63) is 52.7 Å². The second kappa shape index (κ2) is 6.38. The van der Waals surface area contributed by atoms with Gasteiger partial charge in [0.15, 0.2) is 5.65 Å². The third-order valence-electron chi connectivity index (χ3n) is 5.04. The fourth-order valence-electron chi connectivity index (χ4n) is 3.73. The average Bonchev–Trinajstić information content (AvgIpc) is 3.28. The molecule has 1 amide bonds. The minimum absolute atomic E-state index is 0.156. The number of hydrogen-bond acceptors (Lipinski definition) is 6. The highest BCUT2D eigenvalue weighted by atomic mass is 32.1. The number of nitrogens with zero attached hydrogens (tertiary/aromatic N) is 5. The SMILES string of the molecule is C[C@H]1CCCc2sc3ncn4nc(C(=O)NCc5ccccn5)nc4c3c21. The lowest BCUT2D eigenvalue weighted by molar-refractivity contribution is 0.0940. The molecule has 7 nitrogen and oxygen atoms in total. The molecule has 4 aromatic heterocycles. The number of nitrogens with one attached hydrogen (secondary N) is 1. The molecular weight excluding hydrogens is 360 g/mol. The summed E-state index contributed by atoms with van der Waals surface area (Å²) >= 11 is 1.74. The maximum Gasteiger partial charge on any atom is 0.291 e. The van der Waals surface area contributed by atoms with Crippen molar-refractivity contribution < 1.29 is 4.79 Å². The van der Waals surface area contributed by atoms with Gasteiger partial charge >= 0.3 is 0 Å². The van der Waals surface area contributed by atoms with Gasteiger partial charge in [0.2, 0.25) is 5.82 Å². The van der Waals surface area contributed by atoms with E-state index in [0.29, 0.717) is 18.1 Å². The van der Waals surface area contributed by atoms with Crippen molar-refractivity contribution in [2.45, 2.75) is 38.6 Å². The van der Waals surface area contributed by atoms with Gasteiger partial charge in [-0.1, -0.05) is 13.0 Å². The molecule has 1 atom stereocenters. The first-order valence-corrected chi connectivity index (χ1v) is 9.87. The molecule has 0 saturated heterocycles. The van der Waals surface area contributed by atoms with Crippen molar-refractivity contribution in [1.29, 1.82) is 0 Å². The van der Waals surface area contributed by atoms with E-state index in [2.05, 4.69) is 32.3 Å². The molecular formula is C19H18N6OS. The largest absolute Gasteiger partial charge is 0.344 e. The normalized spacial score (nSPS) is 16.6. The number of thiophene rings is 1. The first-order chi connectivity index (χ1) is 13.2. The van der Waals surface area contributed by atoms with Crippen molar-refractivity contribution in [1.82, 2.24) is 29.9 Å². The van der Waals surface area contributed by atoms with Crippen LogP contribution in [-0.2, 0) is 13.0 Å². The molecule has 1 aliphatic rings. The molecule has 136 valence electrons. The molecule has 0 aromatic carbocycles. The minimum atomic E-state index is -0.311. The van der Waals surface area contributed by atoms with Gasteiger partial charge in [0, 0.05) is 11.1 Å². The van der Waals surface area contributed by atoms with Gasteiger partial charge in [-0.05, 0) is 42.9 Å². The molecule has 4 aromatic rings. The van der Waals surface area contributed by atoms with E-state index in [-0.39, 0.29) is 11.7 Å². The van der Waals surface area contributed by atoms with E-state index in [9.17, 15) is 4.79 Å². The van der Waals surface area contributed by atoms with Crippen molar-refractivity contribution in [2.75, 3.05) is 0 Å². The Morgan fingerprint density at radius 1 is 1.37 bits per heavy atom. The Morgan fingerprint density at radius 2 is 2.30 bits per heavy atom. The fourth-order valence-corrected chi connectivity index (χ4v) is 5.03. The van der Waals surface area contributed by atoms with Gasteiger partial charge in [-0.2, -0.15) is 0 Å². The zero-order valence-electron chi connectivity index (χ0n) is 14.8. The zero-order valence-corrected chi connectivity index (χ0v) is 15.7. The summed E-state index contributed by atoms with van der Waals surface area (Å²) < 4.78 is 1.62. The van der Waals surface area contributed by atoms with Gasteiger partial charge in [-0.25, -0.2) is 14.5 Å². The molecule has 1 N–H and O–H groups in total. The third kappa shape index (κ3) is 2.76. The van der Waals surface area contributed by atoms with Gasteiger partial charge in [0.25, 0.3) is 5.91 Å². The van der Waals surface area contributed by atoms with Crippen LogP contribution < -0.4 is 5.32 Å². The van der Waals surface area contributed by atoms with Gasteiger partial charge in [0.05, 0.1) is 17.6 Å². The van der Waals surface area contributed by atoms with Crippen LogP contribution in [0.2, 0.25) is 0 Å². The number of aryl methyl sites for hydroxylation is 1. The highest BCUT2D eigenvalue weighted by molar-refractivity contribution is 7.19. The predicted octanol–water partition coefficient (Wildman–Crippen LogP) is 3.10. The Bertz CT molecular complexity index is 1150. The van der Waals surface area contributed by atoms with E-state index in [0.717, 1.165) is 22.3 Å². The van der Waals surface area contributed by atoms with Crippen LogP contribution in [0.5, 0.6) is 0 Å². The summed E-state index contributed by atoms with van der Waals surface area (Å²) in [6.45, 7) is 2.60. The predicted molar refractivity (Wildman–Crippen MR) is 103 cm³/mol. The molecule has 0 spiro atoms. The summed E-state index contributed by atoms with van der Waals surface area (Å²) in [5.74, 6) is 0.326. The van der Waals surface area contributed by atoms with Gasteiger partial charge in [0.1, 0.15) is 11.2 Å². The molecule has 5 rings (SSSR count). The molecule has 0 radical (unpaired) electrons. The topological polar surface area (TPSA) is 85.1 Å². The molecule has 0 aliphatic heterocycles. The van der Waals surface area contributed by atoms with Crippen LogP contribution in [0.3, 0.4) is 0 Å². The summed E-state index contributed by atoms with van der Waals surface area (Å²) in [5, 5.41) is 8.23. The third-order valence-corrected chi connectivity index (χ3v) is 6.21. The average molecular weight is 378 g/mol. The quantitative estimate of drug-likeness (QED) is 0.592. The lowest BCUT2D eigenvalue weighted by Gasteiger charge is -2.18. The number of fused-ring (bicyclic) bond motifs is 5. The van der Waals surface area contributed by atoms with Crippen LogP contribution in [0.1, 0.15) is 52.4 Å². The second-order valence-electron chi connectivity index (χ2n) is 6.86. The monoisotopic (exact) mass is 378 g/mol. The van der Waals surface area contributed by atoms with E-state index >= 15 is 0 Å². The van der Waals surface area contributed by atoms with Crippen molar-refractivity contribution >= 4 is 33.1 Å². The van der Waals surface area contributed by atoms with E-state index in [1.807, 2.05) is 18.2 Å². The summed E-state index contributed by atoms with van der Waals surface area (Å²) in [6.07, 6.45) is 6.83. The van der Waals surface area contributed by atoms with E-state index in [4.69, 9.17) is 0 Å². The molecule has 1 aliphatic carbocycles. The summed E-state index contributed by atoms with van der Waals surface area (Å²) in [7, 11) is 0. The summed E-state index contributed by atoms with van der Waals surface area (Å²) in [6, 6.07) is 5.60. The Kier molecular flexibility index (Phi) is 3.86. The maximum absolute atomic E-state index is 12.5. The molecule has 0 fully saturated rings. The zero-order chi connectivity index (χ0) is 18.4. The van der Waals surface area contributed by atoms with Crippen LogP contribution in [0.15, 0.2) is 30.7 Å². The second-order valence-corrected chi connectivity index (χ2v) is 7.95. The lowest BCUT2D eigenvalue weighted by atomic mass is 9.87. The minimum Gasteiger partial charge on any atom is -0.344 e. The Labute approximate surface area is 159 Å². The van der Waals surface area contributed by atoms with Crippen molar-refractivity contribution in [3.8, 4) is 0 Å². The van der Waals surface area contributed by atoms with Crippen LogP contribution in [0.25, 0.3) is 15.9 Å². The molecule has 0 bridgehead atoms. The first-order valence-electron chi connectivity index (χ1n) is 9.05. The molecule has 0 saturated carbocycles. The van der Waals surface area contributed by atoms with E-state index in [1.165, 1.54) is 23.3 Å². The smallest absolute Gasteiger partial charge is 0.291 e. The van der Waals surface area contributed by atoms with Crippen molar-refractivity contribution in [2.24, 2.45) is 0 Å². The number of rotatable bonds is 3. The van der Waals surface area contributed by atoms with Crippen molar-refractivity contribution in [3.63, 3.8) is 0 Å². The number of pyridine rings is 1. The van der Waals surface area contributed by atoms with Crippen LogP contribution in [-0.4, -0.2) is 30.5 Å². The van der Waals surface area contributed by atoms with Gasteiger partial charge < -0.3 is 5.32 Å². The maximum atomic E-state index is 12.5. The van der Waals surface area contributed by atoms with Crippen LogP contribution >= 0.6 is 11.3 Å². The molecule has 4 heterocycles. The van der Waals surface area contributed by atoms with E-state index < -0.39 is 0 Å². The standard InChI is InChI=1S/C19H18N6OS/c1-11-5-4-7-13-14(11)15-17-23-16(24-25(17)10-22-19(15)27-13)18(26)21-9-12-6-2-3-8-20-12/h2-3,6,8,10-11H,4-5,7,9H2,1H3,(H,21,26)/t11-/m0/s1. The lowest BCUT2D eigenvalue weighted by Crippen LogP contribution is -2.24. The Hall–Kier alpha value is -2.87. The van der Waals surface area contributed by atoms with Gasteiger partial charge in [-0.3, -0.25) is 9.78 Å².